The summed E-state index contributed by atoms with van der Waals surface area (Å²) in [6.45, 7) is 13.1. The Morgan fingerprint density at radius 3 is 1.28 bits per heavy atom. The summed E-state index contributed by atoms with van der Waals surface area (Å²) in [5.74, 6) is -0.889. The van der Waals surface area contributed by atoms with E-state index in [2.05, 4.69) is 36.3 Å². The minimum atomic E-state index is -0.637. The number of rotatable bonds is 45. The van der Waals surface area contributed by atoms with Gasteiger partial charge in [-0.1, -0.05) is 162 Å². The van der Waals surface area contributed by atoms with Crippen LogP contribution in [0.4, 0.5) is 0 Å². The molecule has 0 saturated heterocycles. The van der Waals surface area contributed by atoms with E-state index in [1.165, 1.54) is 109 Å². The topological polar surface area (TPSA) is 134 Å². The zero-order chi connectivity index (χ0) is 44.3. The molecule has 2 atom stereocenters. The highest BCUT2D eigenvalue weighted by molar-refractivity contribution is 5.84. The first-order valence-corrected chi connectivity index (χ1v) is 25.5. The second kappa shape index (κ2) is 43.4. The molecule has 0 fully saturated rings. The van der Waals surface area contributed by atoms with Crippen LogP contribution < -0.4 is 10.6 Å². The number of aliphatic hydroxyl groups is 1. The summed E-state index contributed by atoms with van der Waals surface area (Å²) in [7, 11) is 0. The molecule has 10 heteroatoms. The summed E-state index contributed by atoms with van der Waals surface area (Å²) >= 11 is 0. The summed E-state index contributed by atoms with van der Waals surface area (Å²) in [6.07, 6.45) is 35.6. The van der Waals surface area contributed by atoms with Gasteiger partial charge in [0, 0.05) is 19.4 Å². The monoisotopic (exact) mass is 852 g/mol. The van der Waals surface area contributed by atoms with Crippen LogP contribution in [0.2, 0.25) is 0 Å². The van der Waals surface area contributed by atoms with E-state index in [0.717, 1.165) is 103 Å². The highest BCUT2D eigenvalue weighted by Gasteiger charge is 2.21. The van der Waals surface area contributed by atoms with Gasteiger partial charge in [-0.2, -0.15) is 0 Å². The largest absolute Gasteiger partial charge is 0.464 e. The van der Waals surface area contributed by atoms with Crippen molar-refractivity contribution in [3.8, 4) is 0 Å². The average Bonchev–Trinajstić information content (AvgIpc) is 3.22. The van der Waals surface area contributed by atoms with Crippen LogP contribution in [-0.4, -0.2) is 84.8 Å². The van der Waals surface area contributed by atoms with E-state index < -0.39 is 12.1 Å². The number of aliphatic hydroxyl groups excluding tert-OH is 1. The summed E-state index contributed by atoms with van der Waals surface area (Å²) in [4.78, 5) is 52.6. The number of hydrogen-bond donors (Lipinski definition) is 3. The Morgan fingerprint density at radius 1 is 0.467 bits per heavy atom. The number of nitrogens with zero attached hydrogens (tertiary/aromatic N) is 1. The van der Waals surface area contributed by atoms with Gasteiger partial charge in [0.25, 0.3) is 0 Å². The third-order valence-corrected chi connectivity index (χ3v) is 11.7. The van der Waals surface area contributed by atoms with Crippen LogP contribution in [0, 0.1) is 0 Å². The molecule has 0 aromatic heterocycles. The van der Waals surface area contributed by atoms with Crippen molar-refractivity contribution in [2.45, 2.75) is 265 Å². The number of unbranched alkanes of at least 4 members (excludes halogenated alkanes) is 24. The second-order valence-corrected chi connectivity index (χ2v) is 17.6. The summed E-state index contributed by atoms with van der Waals surface area (Å²) in [6, 6.07) is -1.27. The van der Waals surface area contributed by atoms with Gasteiger partial charge in [-0.25, -0.2) is 9.59 Å². The van der Waals surface area contributed by atoms with Gasteiger partial charge in [0.05, 0.1) is 13.2 Å². The Hall–Kier alpha value is -2.20. The first-order chi connectivity index (χ1) is 29.2. The third kappa shape index (κ3) is 37.6. The maximum absolute atomic E-state index is 13.0. The lowest BCUT2D eigenvalue weighted by atomic mass is 10.0. The molecule has 0 rings (SSSR count). The van der Waals surface area contributed by atoms with E-state index >= 15 is 0 Å². The Bertz CT molecular complexity index is 996. The normalized spacial score (nSPS) is 12.5. The summed E-state index contributed by atoms with van der Waals surface area (Å²) < 4.78 is 11.3. The molecule has 0 bridgehead atoms. The summed E-state index contributed by atoms with van der Waals surface area (Å²) in [5, 5.41) is 15.2. The van der Waals surface area contributed by atoms with Gasteiger partial charge in [-0.05, 0) is 84.7 Å². The number of hydrogen-bond acceptors (Lipinski definition) is 8. The molecule has 0 spiro atoms. The van der Waals surface area contributed by atoms with Crippen molar-refractivity contribution in [2.75, 3.05) is 32.8 Å². The molecule has 60 heavy (non-hydrogen) atoms. The van der Waals surface area contributed by atoms with Gasteiger partial charge in [0.2, 0.25) is 11.8 Å². The Balaban J connectivity index is 4.15. The van der Waals surface area contributed by atoms with Gasteiger partial charge < -0.3 is 30.1 Å². The minimum Gasteiger partial charge on any atom is -0.464 e. The molecular weight excluding hydrogens is 755 g/mol. The lowest BCUT2D eigenvalue weighted by Crippen LogP contribution is -2.40. The van der Waals surface area contributed by atoms with Crippen LogP contribution in [-0.2, 0) is 28.7 Å². The number of nitrogens with one attached hydrogen (secondary N) is 2. The maximum atomic E-state index is 13.0. The molecule has 3 N–H and O–H groups in total. The van der Waals surface area contributed by atoms with Crippen molar-refractivity contribution in [2.24, 2.45) is 0 Å². The number of ether oxygens (including phenoxy) is 2. The Labute approximate surface area is 369 Å². The third-order valence-electron chi connectivity index (χ3n) is 11.7. The molecule has 2 unspecified atom stereocenters. The van der Waals surface area contributed by atoms with Gasteiger partial charge in [0.1, 0.15) is 18.2 Å². The molecule has 0 aliphatic carbocycles. The van der Waals surface area contributed by atoms with Crippen molar-refractivity contribution < 1.29 is 33.8 Å². The molecule has 0 heterocycles. The van der Waals surface area contributed by atoms with Gasteiger partial charge >= 0.3 is 11.9 Å². The van der Waals surface area contributed by atoms with Gasteiger partial charge in [0.15, 0.2) is 0 Å². The SMILES string of the molecule is CCCCCCCCCCCOC(=O)C(C)NC(=O)CCCCCN(CCO)CCCCCCCC(=O)NC(C)C(=O)OC(CCCCCCCC)CCCCCCCC. The molecule has 0 aliphatic heterocycles. The molecule has 0 aliphatic rings. The molecule has 2 amide bonds. The minimum absolute atomic E-state index is 0.0615. The number of carbonyl (C=O) groups excluding carboxylic acids is 4. The van der Waals surface area contributed by atoms with Crippen molar-refractivity contribution in [3.05, 3.63) is 0 Å². The van der Waals surface area contributed by atoms with E-state index in [9.17, 15) is 24.3 Å². The fourth-order valence-corrected chi connectivity index (χ4v) is 7.71. The van der Waals surface area contributed by atoms with E-state index in [-0.39, 0.29) is 36.5 Å². The van der Waals surface area contributed by atoms with Crippen molar-refractivity contribution in [1.82, 2.24) is 15.5 Å². The van der Waals surface area contributed by atoms with E-state index in [1.807, 2.05) is 0 Å². The smallest absolute Gasteiger partial charge is 0.328 e. The number of esters is 2. The van der Waals surface area contributed by atoms with Gasteiger partial charge in [-0.3, -0.25) is 9.59 Å². The molecular formula is C50H97N3O7. The summed E-state index contributed by atoms with van der Waals surface area (Å²) in [5.41, 5.74) is 0. The predicted molar refractivity (Wildman–Crippen MR) is 249 cm³/mol. The molecule has 10 nitrogen and oxygen atoms in total. The van der Waals surface area contributed by atoms with E-state index in [0.29, 0.717) is 26.0 Å². The van der Waals surface area contributed by atoms with Crippen LogP contribution >= 0.6 is 0 Å². The highest BCUT2D eigenvalue weighted by Crippen LogP contribution is 2.18. The van der Waals surface area contributed by atoms with Crippen molar-refractivity contribution in [3.63, 3.8) is 0 Å². The quantitative estimate of drug-likeness (QED) is 0.0407. The Kier molecular flexibility index (Phi) is 41.9. The van der Waals surface area contributed by atoms with E-state index in [1.54, 1.807) is 13.8 Å². The fraction of sp³-hybridized carbons (Fsp3) is 0.920. The van der Waals surface area contributed by atoms with Crippen LogP contribution in [0.15, 0.2) is 0 Å². The highest BCUT2D eigenvalue weighted by atomic mass is 16.5. The van der Waals surface area contributed by atoms with E-state index in [4.69, 9.17) is 9.47 Å². The van der Waals surface area contributed by atoms with Crippen LogP contribution in [0.5, 0.6) is 0 Å². The van der Waals surface area contributed by atoms with Crippen molar-refractivity contribution in [1.29, 1.82) is 0 Å². The number of amides is 2. The standard InChI is InChI=1S/C50H97N3O7/c1-6-9-12-15-18-19-20-26-34-43-59-49(57)44(4)51-47(55)38-31-27-33-40-53(41-42-54)39-32-25-21-24-30-37-48(56)52-45(5)50(58)60-46(35-28-22-16-13-10-7-2)36-29-23-17-14-11-8-3/h44-46,54H,6-43H2,1-5H3,(H,51,55)(H,52,56). The van der Waals surface area contributed by atoms with Crippen LogP contribution in [0.25, 0.3) is 0 Å². The molecule has 0 aromatic carbocycles. The molecule has 0 saturated carbocycles. The predicted octanol–water partition coefficient (Wildman–Crippen LogP) is 11.7. The maximum Gasteiger partial charge on any atom is 0.328 e. The fourth-order valence-electron chi connectivity index (χ4n) is 7.71. The van der Waals surface area contributed by atoms with Crippen LogP contribution in [0.1, 0.15) is 247 Å². The Morgan fingerprint density at radius 2 is 0.833 bits per heavy atom. The zero-order valence-corrected chi connectivity index (χ0v) is 39.9. The van der Waals surface area contributed by atoms with Crippen molar-refractivity contribution >= 4 is 23.8 Å². The first kappa shape index (κ1) is 57.8. The molecule has 354 valence electrons. The molecule has 0 radical (unpaired) electrons. The average molecular weight is 852 g/mol. The van der Waals surface area contributed by atoms with Gasteiger partial charge in [-0.15, -0.1) is 0 Å². The zero-order valence-electron chi connectivity index (χ0n) is 39.9. The second-order valence-electron chi connectivity index (χ2n) is 17.6. The molecule has 0 aromatic rings. The first-order valence-electron chi connectivity index (χ1n) is 25.5. The van der Waals surface area contributed by atoms with Crippen LogP contribution in [0.3, 0.4) is 0 Å². The number of carbonyl (C=O) groups is 4. The lowest BCUT2D eigenvalue weighted by molar-refractivity contribution is -0.153. The lowest BCUT2D eigenvalue weighted by Gasteiger charge is -2.21.